The van der Waals surface area contributed by atoms with Crippen molar-refractivity contribution in [3.8, 4) is 0 Å². The molecule has 2 saturated heterocycles. The summed E-state index contributed by atoms with van der Waals surface area (Å²) in [5.74, 6) is 0.175. The number of likely N-dealkylation sites (tertiary alicyclic amines) is 1. The van der Waals surface area contributed by atoms with E-state index < -0.39 is 0 Å². The van der Waals surface area contributed by atoms with Gasteiger partial charge in [0.15, 0.2) is 0 Å². The summed E-state index contributed by atoms with van der Waals surface area (Å²) in [4.78, 5) is 14.4. The van der Waals surface area contributed by atoms with Gasteiger partial charge in [-0.2, -0.15) is 0 Å². The maximum Gasteiger partial charge on any atom is 0.222 e. The molecule has 138 valence electrons. The number of piperidine rings is 1. The summed E-state index contributed by atoms with van der Waals surface area (Å²) in [5.41, 5.74) is 4.06. The highest BCUT2D eigenvalue weighted by Gasteiger charge is 2.43. The molecule has 2 aliphatic rings. The molecule has 0 saturated carbocycles. The fourth-order valence-corrected chi connectivity index (χ4v) is 4.19. The largest absolute Gasteiger partial charge is 0.373 e. The number of ether oxygens (including phenoxy) is 1. The average molecular weight is 344 g/mol. The van der Waals surface area contributed by atoms with Gasteiger partial charge in [-0.05, 0) is 38.7 Å². The maximum atomic E-state index is 11.9. The highest BCUT2D eigenvalue weighted by molar-refractivity contribution is 5.78. The number of aryl methyl sites for hydroxylation is 2. The Morgan fingerprint density at radius 3 is 2.48 bits per heavy atom. The number of nitrogens with one attached hydrogen (secondary N) is 1. The van der Waals surface area contributed by atoms with Crippen LogP contribution in [-0.2, 0) is 16.1 Å². The van der Waals surface area contributed by atoms with Crippen LogP contribution in [0, 0.1) is 19.8 Å². The van der Waals surface area contributed by atoms with Gasteiger partial charge in [0.1, 0.15) is 0 Å². The van der Waals surface area contributed by atoms with Gasteiger partial charge in [0, 0.05) is 25.6 Å². The quantitative estimate of drug-likeness (QED) is 0.912. The van der Waals surface area contributed by atoms with Crippen LogP contribution in [0.3, 0.4) is 0 Å². The third-order valence-corrected chi connectivity index (χ3v) is 5.53. The predicted octanol–water partition coefficient (Wildman–Crippen LogP) is 3.20. The minimum atomic E-state index is -0.0199. The van der Waals surface area contributed by atoms with E-state index in [9.17, 15) is 4.79 Å². The van der Waals surface area contributed by atoms with Gasteiger partial charge in [-0.15, -0.1) is 0 Å². The molecule has 4 heteroatoms. The Balaban J connectivity index is 1.51. The van der Waals surface area contributed by atoms with Crippen molar-refractivity contribution in [2.75, 3.05) is 19.7 Å². The lowest BCUT2D eigenvalue weighted by Crippen LogP contribution is -2.45. The van der Waals surface area contributed by atoms with Crippen LogP contribution >= 0.6 is 0 Å². The molecule has 0 aromatic heterocycles. The third-order valence-electron chi connectivity index (χ3n) is 5.53. The lowest BCUT2D eigenvalue weighted by Gasteiger charge is -2.38. The van der Waals surface area contributed by atoms with E-state index >= 15 is 0 Å². The Labute approximate surface area is 151 Å². The van der Waals surface area contributed by atoms with Crippen LogP contribution in [0.4, 0.5) is 0 Å². The summed E-state index contributed by atoms with van der Waals surface area (Å²) in [6.07, 6.45) is 3.08. The molecule has 2 aliphatic heterocycles. The molecule has 1 N–H and O–H groups in total. The third kappa shape index (κ3) is 4.62. The molecular weight excluding hydrogens is 312 g/mol. The van der Waals surface area contributed by atoms with Gasteiger partial charge in [-0.1, -0.05) is 43.2 Å². The Morgan fingerprint density at radius 2 is 1.88 bits per heavy atom. The van der Waals surface area contributed by atoms with Crippen molar-refractivity contribution in [1.82, 2.24) is 10.2 Å². The molecule has 4 nitrogen and oxygen atoms in total. The normalized spacial score (nSPS) is 23.3. The fourth-order valence-electron chi connectivity index (χ4n) is 4.19. The number of hydrogen-bond acceptors (Lipinski definition) is 3. The predicted molar refractivity (Wildman–Crippen MR) is 100 cm³/mol. The first kappa shape index (κ1) is 18.4. The molecule has 2 fully saturated rings. The van der Waals surface area contributed by atoms with Crippen molar-refractivity contribution in [2.45, 2.75) is 65.1 Å². The van der Waals surface area contributed by atoms with E-state index in [-0.39, 0.29) is 23.5 Å². The number of benzene rings is 1. The minimum absolute atomic E-state index is 0.0199. The van der Waals surface area contributed by atoms with Gasteiger partial charge < -0.3 is 10.1 Å². The average Bonchev–Trinajstić information content (AvgIpc) is 2.91. The molecule has 0 radical (unpaired) electrons. The summed E-state index contributed by atoms with van der Waals surface area (Å²) < 4.78 is 6.17. The Hall–Kier alpha value is -1.39. The lowest BCUT2D eigenvalue weighted by atomic mass is 9.87. The standard InChI is InChI=1S/C21H32N2O2/c1-15(2)20(24)22-19-12-21(25-14-19)5-7-23(8-6-21)13-18-10-16(3)9-17(4)11-18/h9-11,15,19H,5-8,12-14H2,1-4H3,(H,22,24)/t19-/m0/s1. The van der Waals surface area contributed by atoms with Crippen molar-refractivity contribution in [3.05, 3.63) is 34.9 Å². The first-order valence-corrected chi connectivity index (χ1v) is 9.59. The molecule has 0 bridgehead atoms. The highest BCUT2D eigenvalue weighted by atomic mass is 16.5. The van der Waals surface area contributed by atoms with Crippen LogP contribution in [0.15, 0.2) is 18.2 Å². The number of carbonyl (C=O) groups is 1. The molecular formula is C21H32N2O2. The lowest BCUT2D eigenvalue weighted by molar-refractivity contribution is -0.124. The smallest absolute Gasteiger partial charge is 0.222 e. The number of rotatable bonds is 4. The van der Waals surface area contributed by atoms with E-state index in [0.717, 1.165) is 38.9 Å². The summed E-state index contributed by atoms with van der Waals surface area (Å²) in [6, 6.07) is 7.00. The molecule has 2 heterocycles. The van der Waals surface area contributed by atoms with Crippen LogP contribution in [0.2, 0.25) is 0 Å². The molecule has 3 rings (SSSR count). The number of nitrogens with zero attached hydrogens (tertiary/aromatic N) is 1. The summed E-state index contributed by atoms with van der Waals surface area (Å²) in [6.45, 7) is 12.0. The van der Waals surface area contributed by atoms with E-state index in [4.69, 9.17) is 4.74 Å². The summed E-state index contributed by atoms with van der Waals surface area (Å²) in [5, 5.41) is 3.14. The van der Waals surface area contributed by atoms with Crippen molar-refractivity contribution in [1.29, 1.82) is 0 Å². The highest BCUT2D eigenvalue weighted by Crippen LogP contribution is 2.36. The van der Waals surface area contributed by atoms with E-state index in [0.29, 0.717) is 6.61 Å². The first-order valence-electron chi connectivity index (χ1n) is 9.59. The van der Waals surface area contributed by atoms with E-state index in [1.54, 1.807) is 0 Å². The molecule has 1 amide bonds. The first-order chi connectivity index (χ1) is 11.8. The van der Waals surface area contributed by atoms with Crippen LogP contribution in [0.25, 0.3) is 0 Å². The van der Waals surface area contributed by atoms with Crippen LogP contribution < -0.4 is 5.32 Å². The SMILES string of the molecule is Cc1cc(C)cc(CN2CCC3(CC2)C[C@H](NC(=O)C(C)C)CO3)c1. The van der Waals surface area contributed by atoms with E-state index in [1.807, 2.05) is 13.8 Å². The molecule has 1 atom stereocenters. The Morgan fingerprint density at radius 1 is 1.24 bits per heavy atom. The van der Waals surface area contributed by atoms with Gasteiger partial charge in [0.25, 0.3) is 0 Å². The molecule has 25 heavy (non-hydrogen) atoms. The zero-order chi connectivity index (χ0) is 18.0. The van der Waals surface area contributed by atoms with Gasteiger partial charge in [0.05, 0.1) is 18.2 Å². The van der Waals surface area contributed by atoms with Crippen molar-refractivity contribution >= 4 is 5.91 Å². The van der Waals surface area contributed by atoms with Crippen LogP contribution in [0.5, 0.6) is 0 Å². The molecule has 0 aliphatic carbocycles. The van der Waals surface area contributed by atoms with Crippen molar-refractivity contribution < 1.29 is 9.53 Å². The second-order valence-corrected chi connectivity index (χ2v) is 8.33. The van der Waals surface area contributed by atoms with Crippen molar-refractivity contribution in [3.63, 3.8) is 0 Å². The van der Waals surface area contributed by atoms with E-state index in [2.05, 4.69) is 42.3 Å². The van der Waals surface area contributed by atoms with Gasteiger partial charge >= 0.3 is 0 Å². The topological polar surface area (TPSA) is 41.6 Å². The zero-order valence-corrected chi connectivity index (χ0v) is 16.1. The molecule has 1 spiro atoms. The summed E-state index contributed by atoms with van der Waals surface area (Å²) in [7, 11) is 0. The Kier molecular flexibility index (Phi) is 5.49. The monoisotopic (exact) mass is 344 g/mol. The fraction of sp³-hybridized carbons (Fsp3) is 0.667. The zero-order valence-electron chi connectivity index (χ0n) is 16.1. The number of carbonyl (C=O) groups excluding carboxylic acids is 1. The van der Waals surface area contributed by atoms with Gasteiger partial charge in [-0.25, -0.2) is 0 Å². The number of amides is 1. The molecule has 0 unspecified atom stereocenters. The molecule has 1 aromatic carbocycles. The van der Waals surface area contributed by atoms with Crippen molar-refractivity contribution in [2.24, 2.45) is 5.92 Å². The summed E-state index contributed by atoms with van der Waals surface area (Å²) >= 11 is 0. The second-order valence-electron chi connectivity index (χ2n) is 8.33. The van der Waals surface area contributed by atoms with Gasteiger partial charge in [0.2, 0.25) is 5.91 Å². The minimum Gasteiger partial charge on any atom is -0.373 e. The second kappa shape index (κ2) is 7.46. The number of hydrogen-bond donors (Lipinski definition) is 1. The maximum absolute atomic E-state index is 11.9. The molecule has 1 aromatic rings. The van der Waals surface area contributed by atoms with Gasteiger partial charge in [-0.3, -0.25) is 9.69 Å². The Bertz CT molecular complexity index is 598. The van der Waals surface area contributed by atoms with E-state index in [1.165, 1.54) is 16.7 Å². The van der Waals surface area contributed by atoms with Crippen LogP contribution in [-0.4, -0.2) is 42.1 Å². The van der Waals surface area contributed by atoms with Crippen LogP contribution in [0.1, 0.15) is 49.8 Å².